The Morgan fingerprint density at radius 3 is 2.17 bits per heavy atom. The van der Waals surface area contributed by atoms with Crippen molar-refractivity contribution in [2.75, 3.05) is 38.6 Å². The van der Waals surface area contributed by atoms with Gasteiger partial charge in [-0.25, -0.2) is 9.59 Å². The van der Waals surface area contributed by atoms with Gasteiger partial charge in [-0.2, -0.15) is 26.3 Å². The van der Waals surface area contributed by atoms with E-state index in [-0.39, 0.29) is 17.9 Å². The summed E-state index contributed by atoms with van der Waals surface area (Å²) in [7, 11) is 4.18. The van der Waals surface area contributed by atoms with Crippen LogP contribution in [0.15, 0.2) is 48.7 Å². The number of aromatic nitrogens is 1. The molecule has 2 unspecified atom stereocenters. The minimum Gasteiger partial charge on any atom is -0.475 e. The van der Waals surface area contributed by atoms with Crippen molar-refractivity contribution in [3.05, 3.63) is 64.8 Å². The molecule has 9 nitrogen and oxygen atoms in total. The molecule has 3 atom stereocenters. The number of aromatic amines is 1. The number of alkyl halides is 6. The van der Waals surface area contributed by atoms with Gasteiger partial charge in [-0.05, 0) is 74.8 Å². The number of fused-ring (bicyclic) bond motifs is 2. The fourth-order valence-corrected chi connectivity index (χ4v) is 5.49. The van der Waals surface area contributed by atoms with E-state index < -0.39 is 24.3 Å². The number of nitrogens with one attached hydrogen (secondary N) is 2. The second kappa shape index (κ2) is 17.5. The van der Waals surface area contributed by atoms with Crippen molar-refractivity contribution in [3.63, 3.8) is 0 Å². The van der Waals surface area contributed by atoms with Gasteiger partial charge >= 0.3 is 24.3 Å². The number of carbonyl (C=O) groups is 3. The fraction of sp³-hybridized carbons (Fsp3) is 0.469. The van der Waals surface area contributed by atoms with Gasteiger partial charge in [0.05, 0.1) is 6.04 Å². The van der Waals surface area contributed by atoms with Gasteiger partial charge in [0.25, 0.3) is 0 Å². The van der Waals surface area contributed by atoms with Crippen molar-refractivity contribution in [1.29, 1.82) is 0 Å². The summed E-state index contributed by atoms with van der Waals surface area (Å²) < 4.78 is 63.5. The number of carbonyl (C=O) groups excluding carboxylic acids is 1. The van der Waals surface area contributed by atoms with Gasteiger partial charge in [-0.3, -0.25) is 4.79 Å². The molecule has 48 heavy (non-hydrogen) atoms. The maximum Gasteiger partial charge on any atom is 0.490 e. The predicted molar refractivity (Wildman–Crippen MR) is 170 cm³/mol. The first-order chi connectivity index (χ1) is 22.3. The normalized spacial score (nSPS) is 15.8. The molecule has 1 aromatic heterocycles. The Morgan fingerprint density at radius 1 is 1.04 bits per heavy atom. The highest BCUT2D eigenvalue weighted by atomic mass is 35.5. The molecule has 0 aliphatic carbocycles. The molecule has 3 aromatic rings. The molecule has 0 fully saturated rings. The monoisotopic (exact) mass is 708 g/mol. The first-order valence-corrected chi connectivity index (χ1v) is 15.3. The SMILES string of the molecule is CCCCNC(C(=O)N1C[C@@H](CN(C)C)Cc2cc(Cl)ccc21)C(C)c1c[nH]c2ccccc12.O=C(O)C(F)(F)F.O=C(O)C(F)(F)F. The summed E-state index contributed by atoms with van der Waals surface area (Å²) in [5.41, 5.74) is 4.44. The summed E-state index contributed by atoms with van der Waals surface area (Å²) in [6.07, 6.45) is -5.04. The van der Waals surface area contributed by atoms with E-state index >= 15 is 0 Å². The first kappa shape index (κ1) is 40.4. The van der Waals surface area contributed by atoms with Crippen LogP contribution >= 0.6 is 11.6 Å². The Labute approximate surface area is 278 Å². The molecule has 4 rings (SSSR count). The van der Waals surface area contributed by atoms with E-state index in [0.717, 1.165) is 60.7 Å². The lowest BCUT2D eigenvalue weighted by atomic mass is 9.88. The average molecular weight is 709 g/mol. The van der Waals surface area contributed by atoms with Gasteiger partial charge in [-0.15, -0.1) is 0 Å². The maximum absolute atomic E-state index is 14.3. The van der Waals surface area contributed by atoms with Gasteiger partial charge in [0.2, 0.25) is 5.91 Å². The van der Waals surface area contributed by atoms with Crippen molar-refractivity contribution in [2.45, 2.75) is 57.4 Å². The zero-order valence-corrected chi connectivity index (χ0v) is 27.5. The van der Waals surface area contributed by atoms with E-state index in [2.05, 4.69) is 67.5 Å². The summed E-state index contributed by atoms with van der Waals surface area (Å²) in [6.45, 7) is 6.82. The van der Waals surface area contributed by atoms with Crippen LogP contribution in [0, 0.1) is 5.92 Å². The summed E-state index contributed by atoms with van der Waals surface area (Å²) in [6, 6.07) is 13.9. The molecular weight excluding hydrogens is 670 g/mol. The standard InChI is InChI=1S/C28H37ClN4O.2C2HF3O2/c1-5-6-13-30-27(19(2)24-16-31-25-10-8-7-9-23(24)25)28(34)33-18-20(17-32(3)4)14-21-15-22(29)11-12-26(21)33;2*3-2(4,5)1(6)7/h7-12,15-16,19-20,27,30-31H,5-6,13-14,17-18H2,1-4H3;2*(H,6,7)/t19?,20-,27?;;/m1../s1. The number of hydrogen-bond donors (Lipinski definition) is 4. The van der Waals surface area contributed by atoms with E-state index in [1.807, 2.05) is 29.2 Å². The second-order valence-electron chi connectivity index (χ2n) is 11.5. The maximum atomic E-state index is 14.3. The second-order valence-corrected chi connectivity index (χ2v) is 12.0. The first-order valence-electron chi connectivity index (χ1n) is 14.9. The molecule has 2 heterocycles. The number of carboxylic acids is 2. The number of aliphatic carboxylic acids is 2. The number of anilines is 1. The third kappa shape index (κ3) is 11.7. The van der Waals surface area contributed by atoms with Crippen LogP contribution in [0.5, 0.6) is 0 Å². The Kier molecular flexibility index (Phi) is 14.7. The summed E-state index contributed by atoms with van der Waals surface area (Å²) in [4.78, 5) is 39.6. The quantitative estimate of drug-likeness (QED) is 0.144. The number of benzene rings is 2. The van der Waals surface area contributed by atoms with Crippen molar-refractivity contribution in [3.8, 4) is 0 Å². The Bertz CT molecular complexity index is 1500. The number of hydrogen-bond acceptors (Lipinski definition) is 5. The Hall–Kier alpha value is -3.82. The lowest BCUT2D eigenvalue weighted by Crippen LogP contribution is -2.53. The van der Waals surface area contributed by atoms with E-state index in [4.69, 9.17) is 31.4 Å². The van der Waals surface area contributed by atoms with Gasteiger partial charge < -0.3 is 30.3 Å². The smallest absolute Gasteiger partial charge is 0.475 e. The van der Waals surface area contributed by atoms with Gasteiger partial charge in [0.1, 0.15) is 0 Å². The average Bonchev–Trinajstić information content (AvgIpc) is 3.42. The number of amides is 1. The number of unbranched alkanes of at least 4 members (excludes halogenated alkanes) is 1. The number of halogens is 7. The molecule has 266 valence electrons. The van der Waals surface area contributed by atoms with Gasteiger partial charge in [0, 0.05) is 46.8 Å². The molecule has 4 N–H and O–H groups in total. The van der Waals surface area contributed by atoms with E-state index in [0.29, 0.717) is 5.92 Å². The number of H-pyrrole nitrogens is 1. The van der Waals surface area contributed by atoms with Gasteiger partial charge in [0.15, 0.2) is 0 Å². The van der Waals surface area contributed by atoms with Crippen LogP contribution in [0.2, 0.25) is 5.02 Å². The minimum absolute atomic E-state index is 0.0190. The molecule has 1 aliphatic rings. The largest absolute Gasteiger partial charge is 0.490 e. The molecule has 16 heteroatoms. The Morgan fingerprint density at radius 2 is 1.62 bits per heavy atom. The molecule has 0 radical (unpaired) electrons. The zero-order chi connectivity index (χ0) is 36.4. The van der Waals surface area contributed by atoms with Crippen LogP contribution in [0.4, 0.5) is 32.0 Å². The topological polar surface area (TPSA) is 126 Å². The molecule has 0 saturated heterocycles. The van der Waals surface area contributed by atoms with Crippen LogP contribution in [-0.4, -0.2) is 90.1 Å². The highest BCUT2D eigenvalue weighted by Gasteiger charge is 2.39. The van der Waals surface area contributed by atoms with Crippen LogP contribution in [0.25, 0.3) is 10.9 Å². The predicted octanol–water partition coefficient (Wildman–Crippen LogP) is 6.72. The third-order valence-electron chi connectivity index (χ3n) is 7.43. The summed E-state index contributed by atoms with van der Waals surface area (Å²) in [5, 5.41) is 19.8. The van der Waals surface area contributed by atoms with Crippen LogP contribution in [-0.2, 0) is 20.8 Å². The van der Waals surface area contributed by atoms with E-state index in [9.17, 15) is 31.1 Å². The Balaban J connectivity index is 0.000000479. The van der Waals surface area contributed by atoms with Crippen molar-refractivity contribution in [1.82, 2.24) is 15.2 Å². The number of para-hydroxylation sites is 1. The zero-order valence-electron chi connectivity index (χ0n) is 26.8. The summed E-state index contributed by atoms with van der Waals surface area (Å²) in [5.74, 6) is -4.99. The van der Waals surface area contributed by atoms with Crippen molar-refractivity contribution >= 4 is 46.0 Å². The highest BCUT2D eigenvalue weighted by molar-refractivity contribution is 6.30. The van der Waals surface area contributed by atoms with Crippen molar-refractivity contribution in [2.24, 2.45) is 5.92 Å². The fourth-order valence-electron chi connectivity index (χ4n) is 5.29. The van der Waals surface area contributed by atoms with E-state index in [1.54, 1.807) is 0 Å². The minimum atomic E-state index is -5.08. The van der Waals surface area contributed by atoms with Crippen LogP contribution in [0.3, 0.4) is 0 Å². The number of nitrogens with zero attached hydrogens (tertiary/aromatic N) is 2. The molecule has 1 aliphatic heterocycles. The lowest BCUT2D eigenvalue weighted by Gasteiger charge is -2.39. The third-order valence-corrected chi connectivity index (χ3v) is 7.66. The number of rotatable bonds is 9. The molecule has 0 saturated carbocycles. The highest BCUT2D eigenvalue weighted by Crippen LogP contribution is 2.35. The van der Waals surface area contributed by atoms with Crippen LogP contribution < -0.4 is 10.2 Å². The van der Waals surface area contributed by atoms with Crippen LogP contribution in [0.1, 0.15) is 43.7 Å². The molecule has 1 amide bonds. The molecular formula is C32H39ClF6N4O5. The molecule has 0 spiro atoms. The molecule has 2 aromatic carbocycles. The van der Waals surface area contributed by atoms with E-state index in [1.165, 1.54) is 10.9 Å². The molecule has 0 bridgehead atoms. The lowest BCUT2D eigenvalue weighted by molar-refractivity contribution is -0.193. The van der Waals surface area contributed by atoms with Crippen molar-refractivity contribution < 1.29 is 50.9 Å². The summed E-state index contributed by atoms with van der Waals surface area (Å²) >= 11 is 6.35. The number of carboxylic acid groups (broad SMARTS) is 2. The van der Waals surface area contributed by atoms with Gasteiger partial charge in [-0.1, -0.05) is 50.1 Å².